The predicted molar refractivity (Wildman–Crippen MR) is 58.3 cm³/mol. The highest BCUT2D eigenvalue weighted by molar-refractivity contribution is 5.89. The highest BCUT2D eigenvalue weighted by atomic mass is 16.1. The standard InChI is InChI=1S/C12H17NO/c1-2-3-4-5-6-9-12(14)13-10-7-8-11-13/h6-11H,2-5H2,1H3/b9-6+. The maximum atomic E-state index is 11.4. The van der Waals surface area contributed by atoms with Gasteiger partial charge in [-0.25, -0.2) is 0 Å². The molecular weight excluding hydrogens is 174 g/mol. The normalized spacial score (nSPS) is 10.9. The number of hydrogen-bond acceptors (Lipinski definition) is 1. The number of carbonyl (C=O) groups is 1. The van der Waals surface area contributed by atoms with Crippen molar-refractivity contribution in [2.45, 2.75) is 32.6 Å². The van der Waals surface area contributed by atoms with Crippen LogP contribution in [0.3, 0.4) is 0 Å². The van der Waals surface area contributed by atoms with Crippen molar-refractivity contribution in [1.29, 1.82) is 0 Å². The summed E-state index contributed by atoms with van der Waals surface area (Å²) < 4.78 is 1.58. The van der Waals surface area contributed by atoms with Gasteiger partial charge in [0.15, 0.2) is 0 Å². The summed E-state index contributed by atoms with van der Waals surface area (Å²) in [6.45, 7) is 2.18. The first kappa shape index (κ1) is 10.8. The molecule has 1 aromatic heterocycles. The van der Waals surface area contributed by atoms with Gasteiger partial charge >= 0.3 is 0 Å². The molecule has 0 fully saturated rings. The van der Waals surface area contributed by atoms with Crippen LogP contribution < -0.4 is 0 Å². The van der Waals surface area contributed by atoms with E-state index in [9.17, 15) is 4.79 Å². The molecule has 0 aliphatic carbocycles. The van der Waals surface area contributed by atoms with Crippen molar-refractivity contribution >= 4 is 5.91 Å². The van der Waals surface area contributed by atoms with Crippen LogP contribution in [0.1, 0.15) is 37.4 Å². The predicted octanol–water partition coefficient (Wildman–Crippen LogP) is 3.26. The molecule has 0 aromatic carbocycles. The first-order valence-electron chi connectivity index (χ1n) is 5.18. The number of rotatable bonds is 5. The molecule has 0 saturated carbocycles. The van der Waals surface area contributed by atoms with Crippen molar-refractivity contribution in [2.24, 2.45) is 0 Å². The fourth-order valence-electron chi connectivity index (χ4n) is 1.26. The van der Waals surface area contributed by atoms with Crippen LogP contribution in [-0.2, 0) is 0 Å². The summed E-state index contributed by atoms with van der Waals surface area (Å²) in [6.07, 6.45) is 11.8. The minimum atomic E-state index is 0.0338. The largest absolute Gasteiger partial charge is 0.291 e. The summed E-state index contributed by atoms with van der Waals surface area (Å²) in [7, 11) is 0. The van der Waals surface area contributed by atoms with Crippen LogP contribution in [0, 0.1) is 0 Å². The molecule has 1 heterocycles. The van der Waals surface area contributed by atoms with E-state index < -0.39 is 0 Å². The number of aromatic nitrogens is 1. The number of carbonyl (C=O) groups excluding carboxylic acids is 1. The van der Waals surface area contributed by atoms with E-state index in [4.69, 9.17) is 0 Å². The second-order valence-electron chi connectivity index (χ2n) is 3.33. The summed E-state index contributed by atoms with van der Waals surface area (Å²) in [5.41, 5.74) is 0. The highest BCUT2D eigenvalue weighted by Crippen LogP contribution is 2.00. The van der Waals surface area contributed by atoms with Gasteiger partial charge < -0.3 is 0 Å². The molecule has 0 unspecified atom stereocenters. The third-order valence-electron chi connectivity index (χ3n) is 2.09. The van der Waals surface area contributed by atoms with Crippen LogP contribution in [0.4, 0.5) is 0 Å². The van der Waals surface area contributed by atoms with E-state index in [1.54, 1.807) is 23.0 Å². The maximum Gasteiger partial charge on any atom is 0.254 e. The molecule has 76 valence electrons. The quantitative estimate of drug-likeness (QED) is 0.517. The zero-order valence-corrected chi connectivity index (χ0v) is 8.65. The second kappa shape index (κ2) is 6.19. The number of nitrogens with zero attached hydrogens (tertiary/aromatic N) is 1. The van der Waals surface area contributed by atoms with E-state index in [1.807, 2.05) is 18.2 Å². The van der Waals surface area contributed by atoms with Gasteiger partial charge in [-0.05, 0) is 31.1 Å². The smallest absolute Gasteiger partial charge is 0.254 e. The highest BCUT2D eigenvalue weighted by Gasteiger charge is 1.95. The van der Waals surface area contributed by atoms with Crippen LogP contribution in [0.25, 0.3) is 0 Å². The summed E-state index contributed by atoms with van der Waals surface area (Å²) in [5.74, 6) is 0.0338. The molecular formula is C12H17NO. The second-order valence-corrected chi connectivity index (χ2v) is 3.33. The Morgan fingerprint density at radius 3 is 2.64 bits per heavy atom. The molecule has 1 aromatic rings. The molecule has 0 aliphatic rings. The number of unbranched alkanes of at least 4 members (excludes halogenated alkanes) is 3. The van der Waals surface area contributed by atoms with Crippen LogP contribution >= 0.6 is 0 Å². The van der Waals surface area contributed by atoms with Gasteiger partial charge in [-0.1, -0.05) is 25.8 Å². The van der Waals surface area contributed by atoms with Gasteiger partial charge in [0.05, 0.1) is 0 Å². The van der Waals surface area contributed by atoms with Crippen molar-refractivity contribution < 1.29 is 4.79 Å². The molecule has 2 nitrogen and oxygen atoms in total. The first-order valence-corrected chi connectivity index (χ1v) is 5.18. The summed E-state index contributed by atoms with van der Waals surface area (Å²) in [4.78, 5) is 11.4. The monoisotopic (exact) mass is 191 g/mol. The molecule has 0 aliphatic heterocycles. The Bertz CT molecular complexity index is 285. The van der Waals surface area contributed by atoms with E-state index in [0.29, 0.717) is 0 Å². The molecule has 0 radical (unpaired) electrons. The average molecular weight is 191 g/mol. The topological polar surface area (TPSA) is 22.0 Å². The lowest BCUT2D eigenvalue weighted by molar-refractivity contribution is 0.0969. The Morgan fingerprint density at radius 1 is 1.29 bits per heavy atom. The third kappa shape index (κ3) is 3.60. The Morgan fingerprint density at radius 2 is 2.00 bits per heavy atom. The SMILES string of the molecule is CCCCC/C=C/C(=O)n1cccc1. The summed E-state index contributed by atoms with van der Waals surface area (Å²) in [6, 6.07) is 3.70. The van der Waals surface area contributed by atoms with Gasteiger partial charge in [-0.2, -0.15) is 0 Å². The van der Waals surface area contributed by atoms with E-state index in [2.05, 4.69) is 6.92 Å². The molecule has 14 heavy (non-hydrogen) atoms. The van der Waals surface area contributed by atoms with Crippen LogP contribution in [0.5, 0.6) is 0 Å². The molecule has 0 N–H and O–H groups in total. The van der Waals surface area contributed by atoms with Crippen molar-refractivity contribution in [3.8, 4) is 0 Å². The zero-order valence-electron chi connectivity index (χ0n) is 8.65. The molecule has 0 atom stereocenters. The Hall–Kier alpha value is -1.31. The minimum Gasteiger partial charge on any atom is -0.291 e. The average Bonchev–Trinajstić information content (AvgIpc) is 2.70. The number of hydrogen-bond donors (Lipinski definition) is 0. The lowest BCUT2D eigenvalue weighted by atomic mass is 10.2. The first-order chi connectivity index (χ1) is 6.84. The van der Waals surface area contributed by atoms with Gasteiger partial charge in [0, 0.05) is 12.4 Å². The molecule has 0 amide bonds. The summed E-state index contributed by atoms with van der Waals surface area (Å²) >= 11 is 0. The van der Waals surface area contributed by atoms with Crippen LogP contribution in [0.2, 0.25) is 0 Å². The fourth-order valence-corrected chi connectivity index (χ4v) is 1.26. The van der Waals surface area contributed by atoms with Crippen LogP contribution in [0.15, 0.2) is 36.7 Å². The lowest BCUT2D eigenvalue weighted by Gasteiger charge is -1.94. The van der Waals surface area contributed by atoms with Gasteiger partial charge in [-0.15, -0.1) is 0 Å². The van der Waals surface area contributed by atoms with Crippen molar-refractivity contribution in [3.63, 3.8) is 0 Å². The van der Waals surface area contributed by atoms with E-state index >= 15 is 0 Å². The zero-order chi connectivity index (χ0) is 10.2. The van der Waals surface area contributed by atoms with E-state index in [1.165, 1.54) is 19.3 Å². The molecule has 1 rings (SSSR count). The van der Waals surface area contributed by atoms with Crippen molar-refractivity contribution in [2.75, 3.05) is 0 Å². The van der Waals surface area contributed by atoms with E-state index in [0.717, 1.165) is 6.42 Å². The molecule has 0 saturated heterocycles. The Kier molecular flexibility index (Phi) is 4.76. The minimum absolute atomic E-state index is 0.0338. The molecule has 0 bridgehead atoms. The van der Waals surface area contributed by atoms with Gasteiger partial charge in [0.25, 0.3) is 5.91 Å². The van der Waals surface area contributed by atoms with Gasteiger partial charge in [-0.3, -0.25) is 9.36 Å². The van der Waals surface area contributed by atoms with Crippen molar-refractivity contribution in [1.82, 2.24) is 4.57 Å². The summed E-state index contributed by atoms with van der Waals surface area (Å²) in [5, 5.41) is 0. The lowest BCUT2D eigenvalue weighted by Crippen LogP contribution is -2.03. The van der Waals surface area contributed by atoms with Gasteiger partial charge in [0.1, 0.15) is 0 Å². The Balaban J connectivity index is 2.27. The van der Waals surface area contributed by atoms with E-state index in [-0.39, 0.29) is 5.91 Å². The van der Waals surface area contributed by atoms with Gasteiger partial charge in [0.2, 0.25) is 0 Å². The molecule has 0 spiro atoms. The van der Waals surface area contributed by atoms with Crippen LogP contribution in [-0.4, -0.2) is 10.5 Å². The Labute approximate surface area is 85.2 Å². The van der Waals surface area contributed by atoms with Crippen molar-refractivity contribution in [3.05, 3.63) is 36.7 Å². The molecule has 2 heteroatoms. The third-order valence-corrected chi connectivity index (χ3v) is 2.09. The maximum absolute atomic E-state index is 11.4. The number of allylic oxidation sites excluding steroid dienone is 2. The fraction of sp³-hybridized carbons (Fsp3) is 0.417.